The second kappa shape index (κ2) is 9.01. The number of aryl methyl sites for hydroxylation is 2. The first-order valence-corrected chi connectivity index (χ1v) is 10.6. The molecule has 1 amide bonds. The fourth-order valence-electron chi connectivity index (χ4n) is 3.90. The number of nitrogens with one attached hydrogen (secondary N) is 1. The van der Waals surface area contributed by atoms with Gasteiger partial charge in [0.05, 0.1) is 11.8 Å². The molecule has 0 saturated carbocycles. The second-order valence-electron chi connectivity index (χ2n) is 8.12. The molecule has 33 heavy (non-hydrogen) atoms. The standard InChI is InChI=1S/C27H24N4O2/c1-17-11-20(12-18(2)19(17)3)16-31-10-9-24-22(5-4-6-25(24)31)15-29-30-27(33)21-7-8-26(32)23(13-21)14-28/h4-13,15,32H,16H2,1-3H3,(H,30,33)/b29-15-. The van der Waals surface area contributed by atoms with Crippen molar-refractivity contribution in [2.24, 2.45) is 5.10 Å². The average Bonchev–Trinajstić information content (AvgIpc) is 3.21. The Bertz CT molecular complexity index is 1420. The van der Waals surface area contributed by atoms with E-state index in [4.69, 9.17) is 5.26 Å². The van der Waals surface area contributed by atoms with Crippen LogP contribution in [0.3, 0.4) is 0 Å². The number of benzene rings is 3. The van der Waals surface area contributed by atoms with E-state index < -0.39 is 5.91 Å². The number of phenolic OH excluding ortho intramolecular Hbond substituents is 1. The number of hydrogen-bond acceptors (Lipinski definition) is 4. The Morgan fingerprint density at radius 2 is 1.88 bits per heavy atom. The highest BCUT2D eigenvalue weighted by atomic mass is 16.3. The van der Waals surface area contributed by atoms with Crippen LogP contribution in [0.5, 0.6) is 5.75 Å². The highest BCUT2D eigenvalue weighted by Gasteiger charge is 2.09. The second-order valence-corrected chi connectivity index (χ2v) is 8.12. The first kappa shape index (κ1) is 21.8. The van der Waals surface area contributed by atoms with Crippen molar-refractivity contribution >= 4 is 23.0 Å². The summed E-state index contributed by atoms with van der Waals surface area (Å²) in [7, 11) is 0. The van der Waals surface area contributed by atoms with E-state index in [0.29, 0.717) is 0 Å². The van der Waals surface area contributed by atoms with Gasteiger partial charge in [-0.2, -0.15) is 10.4 Å². The molecule has 0 aliphatic rings. The van der Waals surface area contributed by atoms with Crippen LogP contribution in [0, 0.1) is 32.1 Å². The molecule has 6 nitrogen and oxygen atoms in total. The third kappa shape index (κ3) is 4.48. The number of carbonyl (C=O) groups excluding carboxylic acids is 1. The molecule has 1 heterocycles. The normalized spacial score (nSPS) is 11.1. The summed E-state index contributed by atoms with van der Waals surface area (Å²) in [5, 5.41) is 23.7. The maximum Gasteiger partial charge on any atom is 0.271 e. The van der Waals surface area contributed by atoms with Gasteiger partial charge < -0.3 is 9.67 Å². The van der Waals surface area contributed by atoms with E-state index in [1.54, 1.807) is 6.21 Å². The molecule has 0 unspecified atom stereocenters. The van der Waals surface area contributed by atoms with Crippen molar-refractivity contribution in [1.82, 2.24) is 9.99 Å². The molecule has 0 aliphatic carbocycles. The number of fused-ring (bicyclic) bond motifs is 1. The maximum atomic E-state index is 12.3. The minimum absolute atomic E-state index is 0.0386. The molecule has 0 aliphatic heterocycles. The summed E-state index contributed by atoms with van der Waals surface area (Å²) < 4.78 is 2.20. The zero-order valence-electron chi connectivity index (χ0n) is 18.8. The molecule has 3 aromatic carbocycles. The van der Waals surface area contributed by atoms with Gasteiger partial charge in [-0.05, 0) is 73.4 Å². The molecule has 0 fully saturated rings. The van der Waals surface area contributed by atoms with Gasteiger partial charge in [0.15, 0.2) is 0 Å². The highest BCUT2D eigenvalue weighted by Crippen LogP contribution is 2.22. The monoisotopic (exact) mass is 436 g/mol. The number of aromatic nitrogens is 1. The fraction of sp³-hybridized carbons (Fsp3) is 0.148. The third-order valence-electron chi connectivity index (χ3n) is 5.94. The predicted octanol–water partition coefficient (Wildman–Crippen LogP) is 4.96. The van der Waals surface area contributed by atoms with Gasteiger partial charge in [-0.1, -0.05) is 24.3 Å². The molecule has 0 saturated heterocycles. The first-order chi connectivity index (χ1) is 15.9. The number of hydrazone groups is 1. The number of nitrogens with zero attached hydrogens (tertiary/aromatic N) is 3. The number of carbonyl (C=O) groups is 1. The minimum Gasteiger partial charge on any atom is -0.507 e. The SMILES string of the molecule is Cc1cc(Cn2ccc3c(/C=N\NC(=O)c4ccc(O)c(C#N)c4)cccc32)cc(C)c1C. The van der Waals surface area contributed by atoms with Gasteiger partial charge in [0.1, 0.15) is 11.8 Å². The Morgan fingerprint density at radius 3 is 2.61 bits per heavy atom. The van der Waals surface area contributed by atoms with Gasteiger partial charge in [-0.25, -0.2) is 5.43 Å². The molecule has 164 valence electrons. The van der Waals surface area contributed by atoms with Gasteiger partial charge in [-0.3, -0.25) is 4.79 Å². The van der Waals surface area contributed by atoms with Crippen LogP contribution in [0.4, 0.5) is 0 Å². The molecule has 0 bridgehead atoms. The Labute approximate surface area is 192 Å². The Morgan fingerprint density at radius 1 is 1.12 bits per heavy atom. The molecular weight excluding hydrogens is 412 g/mol. The topological polar surface area (TPSA) is 90.4 Å². The summed E-state index contributed by atoms with van der Waals surface area (Å²) in [6, 6.07) is 18.4. The Hall–Kier alpha value is -4.37. The van der Waals surface area contributed by atoms with Crippen LogP contribution in [0.2, 0.25) is 0 Å². The summed E-state index contributed by atoms with van der Waals surface area (Å²) in [6.07, 6.45) is 3.67. The van der Waals surface area contributed by atoms with Crippen LogP contribution >= 0.6 is 0 Å². The van der Waals surface area contributed by atoms with Crippen LogP contribution in [-0.4, -0.2) is 21.8 Å². The number of rotatable bonds is 5. The molecular formula is C27H24N4O2. The molecule has 1 aromatic heterocycles. The van der Waals surface area contributed by atoms with Crippen molar-refractivity contribution in [2.75, 3.05) is 0 Å². The number of aromatic hydroxyl groups is 1. The summed E-state index contributed by atoms with van der Waals surface area (Å²) >= 11 is 0. The Kier molecular flexibility index (Phi) is 5.97. The Balaban J connectivity index is 1.54. The number of phenols is 1. The van der Waals surface area contributed by atoms with Crippen LogP contribution in [-0.2, 0) is 6.54 Å². The molecule has 4 aromatic rings. The summed E-state index contributed by atoms with van der Waals surface area (Å²) in [4.78, 5) is 12.3. The first-order valence-electron chi connectivity index (χ1n) is 10.6. The van der Waals surface area contributed by atoms with Gasteiger partial charge in [0.25, 0.3) is 5.91 Å². The van der Waals surface area contributed by atoms with E-state index in [1.807, 2.05) is 24.3 Å². The van der Waals surface area contributed by atoms with Crippen LogP contribution in [0.1, 0.15) is 43.7 Å². The summed E-state index contributed by atoms with van der Waals surface area (Å²) in [5.74, 6) is -0.623. The molecule has 6 heteroatoms. The average molecular weight is 437 g/mol. The van der Waals surface area contributed by atoms with E-state index in [1.165, 1.54) is 40.5 Å². The van der Waals surface area contributed by atoms with Gasteiger partial charge in [0.2, 0.25) is 0 Å². The van der Waals surface area contributed by atoms with Crippen LogP contribution in [0.25, 0.3) is 10.9 Å². The van der Waals surface area contributed by atoms with Crippen LogP contribution < -0.4 is 5.43 Å². The summed E-state index contributed by atoms with van der Waals surface area (Å²) in [5.41, 5.74) is 9.89. The van der Waals surface area contributed by atoms with E-state index in [2.05, 4.69) is 60.3 Å². The van der Waals surface area contributed by atoms with Gasteiger partial charge >= 0.3 is 0 Å². The lowest BCUT2D eigenvalue weighted by Crippen LogP contribution is -2.17. The predicted molar refractivity (Wildman–Crippen MR) is 130 cm³/mol. The van der Waals surface area contributed by atoms with Crippen molar-refractivity contribution in [2.45, 2.75) is 27.3 Å². The van der Waals surface area contributed by atoms with E-state index in [-0.39, 0.29) is 16.9 Å². The molecule has 2 N–H and O–H groups in total. The van der Waals surface area contributed by atoms with E-state index in [9.17, 15) is 9.90 Å². The largest absolute Gasteiger partial charge is 0.507 e. The highest BCUT2D eigenvalue weighted by molar-refractivity contribution is 6.00. The van der Waals surface area contributed by atoms with Gasteiger partial charge in [0, 0.05) is 34.8 Å². The molecule has 0 atom stereocenters. The fourth-order valence-corrected chi connectivity index (χ4v) is 3.90. The summed E-state index contributed by atoms with van der Waals surface area (Å²) in [6.45, 7) is 7.20. The maximum absolute atomic E-state index is 12.3. The zero-order chi connectivity index (χ0) is 23.5. The van der Waals surface area contributed by atoms with Crippen molar-refractivity contribution in [3.05, 3.63) is 99.7 Å². The molecule has 0 radical (unpaired) electrons. The number of nitriles is 1. The third-order valence-corrected chi connectivity index (χ3v) is 5.94. The van der Waals surface area contributed by atoms with Crippen LogP contribution in [0.15, 0.2) is 65.9 Å². The lowest BCUT2D eigenvalue weighted by molar-refractivity contribution is 0.0955. The lowest BCUT2D eigenvalue weighted by Gasteiger charge is -2.11. The number of hydrogen-bond donors (Lipinski definition) is 2. The van der Waals surface area contributed by atoms with Gasteiger partial charge in [-0.15, -0.1) is 0 Å². The zero-order valence-corrected chi connectivity index (χ0v) is 18.8. The quantitative estimate of drug-likeness (QED) is 0.342. The van der Waals surface area contributed by atoms with Crippen molar-refractivity contribution in [3.8, 4) is 11.8 Å². The minimum atomic E-state index is -0.461. The van der Waals surface area contributed by atoms with E-state index >= 15 is 0 Å². The van der Waals surface area contributed by atoms with Crippen molar-refractivity contribution in [1.29, 1.82) is 5.26 Å². The van der Waals surface area contributed by atoms with Crippen molar-refractivity contribution < 1.29 is 9.90 Å². The van der Waals surface area contributed by atoms with Crippen molar-refractivity contribution in [3.63, 3.8) is 0 Å². The number of amides is 1. The molecule has 0 spiro atoms. The lowest BCUT2D eigenvalue weighted by atomic mass is 10.0. The molecule has 4 rings (SSSR count). The smallest absolute Gasteiger partial charge is 0.271 e. The van der Waals surface area contributed by atoms with E-state index in [0.717, 1.165) is 23.0 Å².